The number of halogens is 1. The summed E-state index contributed by atoms with van der Waals surface area (Å²) in [4.78, 5) is 12.3. The first-order chi connectivity index (χ1) is 20.3. The average molecular weight is 629 g/mol. The number of thioether (sulfide) groups is 1. The fourth-order valence-corrected chi connectivity index (χ4v) is 6.12. The Hall–Kier alpha value is -3.45. The third-order valence-corrected chi connectivity index (χ3v) is 8.45. The van der Waals surface area contributed by atoms with Crippen molar-refractivity contribution in [3.63, 3.8) is 0 Å². The Balaban J connectivity index is 1.24. The molecule has 10 nitrogen and oxygen atoms in total. The van der Waals surface area contributed by atoms with Crippen LogP contribution in [0.4, 0.5) is 28.8 Å². The minimum Gasteiger partial charge on any atom is -0.495 e. The predicted octanol–water partition coefficient (Wildman–Crippen LogP) is 6.87. The van der Waals surface area contributed by atoms with Crippen LogP contribution >= 0.6 is 23.4 Å². The van der Waals surface area contributed by atoms with E-state index in [2.05, 4.69) is 42.4 Å². The van der Waals surface area contributed by atoms with E-state index in [0.29, 0.717) is 34.4 Å². The second kappa shape index (κ2) is 13.7. The van der Waals surface area contributed by atoms with Gasteiger partial charge in [0.2, 0.25) is 16.0 Å². The quantitative estimate of drug-likeness (QED) is 0.143. The van der Waals surface area contributed by atoms with E-state index in [-0.39, 0.29) is 11.0 Å². The van der Waals surface area contributed by atoms with Crippen LogP contribution in [0.5, 0.6) is 5.75 Å². The maximum absolute atomic E-state index is 11.8. The highest BCUT2D eigenvalue weighted by molar-refractivity contribution is 7.98. The predicted molar refractivity (Wildman–Crippen MR) is 169 cm³/mol. The van der Waals surface area contributed by atoms with Gasteiger partial charge in [-0.05, 0) is 68.4 Å². The number of para-hydroxylation sites is 2. The van der Waals surface area contributed by atoms with Crippen LogP contribution in [0.25, 0.3) is 0 Å². The molecular formula is C29H33ClN6O4S2. The third kappa shape index (κ3) is 8.31. The molecule has 2 aromatic carbocycles. The van der Waals surface area contributed by atoms with Gasteiger partial charge in [0, 0.05) is 4.90 Å². The number of ether oxygens (including phenoxy) is 1. The van der Waals surface area contributed by atoms with Crippen LogP contribution < -0.4 is 20.1 Å². The number of hydrogen-bond donors (Lipinski definition) is 3. The zero-order valence-electron chi connectivity index (χ0n) is 23.4. The van der Waals surface area contributed by atoms with Gasteiger partial charge in [0.15, 0.2) is 5.82 Å². The smallest absolute Gasteiger partial charge is 0.229 e. The lowest BCUT2D eigenvalue weighted by atomic mass is 10.1. The van der Waals surface area contributed by atoms with E-state index < -0.39 is 10.0 Å². The lowest BCUT2D eigenvalue weighted by molar-refractivity contribution is 0.204. The zero-order valence-corrected chi connectivity index (χ0v) is 25.8. The maximum Gasteiger partial charge on any atom is 0.229 e. The Morgan fingerprint density at radius 1 is 1.00 bits per heavy atom. The molecule has 0 bridgehead atoms. The third-order valence-electron chi connectivity index (χ3n) is 6.57. The van der Waals surface area contributed by atoms with Crippen molar-refractivity contribution >= 4 is 62.2 Å². The van der Waals surface area contributed by atoms with Gasteiger partial charge >= 0.3 is 0 Å². The molecule has 0 unspecified atom stereocenters. The van der Waals surface area contributed by atoms with E-state index in [0.717, 1.165) is 42.3 Å². The molecule has 3 N–H and O–H groups in total. The van der Waals surface area contributed by atoms with E-state index >= 15 is 0 Å². The van der Waals surface area contributed by atoms with Crippen molar-refractivity contribution in [3.05, 3.63) is 77.3 Å². The van der Waals surface area contributed by atoms with Crippen molar-refractivity contribution < 1.29 is 17.6 Å². The molecule has 222 valence electrons. The summed E-state index contributed by atoms with van der Waals surface area (Å²) in [6, 6.07) is 16.8. The van der Waals surface area contributed by atoms with Crippen molar-refractivity contribution in [2.24, 2.45) is 0 Å². The van der Waals surface area contributed by atoms with Crippen molar-refractivity contribution in [3.8, 4) is 5.75 Å². The van der Waals surface area contributed by atoms with E-state index in [9.17, 15) is 8.42 Å². The van der Waals surface area contributed by atoms with Crippen molar-refractivity contribution in [2.45, 2.75) is 36.5 Å². The standard InChI is InChI=1S/C29H33ClN6O4S2/c1-39-27-16-22(41-19-21-11-10-20(40-21)18-36-14-6-3-7-15-36)12-13-26(27)33-29-31-17-23(30)28(34-29)32-24-8-4-5-9-25(24)35-42(2,37)38/h4-5,8-13,16-17,35H,3,6-7,14-15,18-19H2,1-2H3,(H2,31,32,33,34). The van der Waals surface area contributed by atoms with Crippen LogP contribution in [0.2, 0.25) is 5.02 Å². The molecule has 1 saturated heterocycles. The first kappa shape index (κ1) is 30.0. The monoisotopic (exact) mass is 628 g/mol. The number of piperidine rings is 1. The van der Waals surface area contributed by atoms with Gasteiger partial charge in [-0.15, -0.1) is 11.8 Å². The van der Waals surface area contributed by atoms with Crippen LogP contribution in [-0.4, -0.2) is 49.7 Å². The number of methoxy groups -OCH3 is 1. The Labute approximate surface area is 255 Å². The van der Waals surface area contributed by atoms with Crippen molar-refractivity contribution in [1.82, 2.24) is 14.9 Å². The summed E-state index contributed by atoms with van der Waals surface area (Å²) in [5, 5.41) is 6.54. The zero-order chi connectivity index (χ0) is 29.5. The number of sulfonamides is 1. The van der Waals surface area contributed by atoms with Gasteiger partial charge in [-0.25, -0.2) is 13.4 Å². The summed E-state index contributed by atoms with van der Waals surface area (Å²) in [6.45, 7) is 3.15. The van der Waals surface area contributed by atoms with E-state index in [1.807, 2.05) is 18.2 Å². The Bertz CT molecular complexity index is 1630. The highest BCUT2D eigenvalue weighted by Crippen LogP contribution is 2.35. The number of rotatable bonds is 12. The molecule has 1 aliphatic heterocycles. The Kier molecular flexibility index (Phi) is 9.78. The van der Waals surface area contributed by atoms with E-state index in [1.165, 1.54) is 25.5 Å². The number of likely N-dealkylation sites (tertiary alicyclic amines) is 1. The SMILES string of the molecule is COc1cc(SCc2ccc(CN3CCCCC3)o2)ccc1Nc1ncc(Cl)c(Nc2ccccc2NS(C)(=O)=O)n1. The number of benzene rings is 2. The molecule has 42 heavy (non-hydrogen) atoms. The van der Waals surface area contributed by atoms with Crippen molar-refractivity contribution in [2.75, 3.05) is 41.8 Å². The first-order valence-electron chi connectivity index (χ1n) is 13.5. The summed E-state index contributed by atoms with van der Waals surface area (Å²) < 4.78 is 37.8. The highest BCUT2D eigenvalue weighted by atomic mass is 35.5. The minimum absolute atomic E-state index is 0.269. The molecule has 0 spiro atoms. The molecule has 0 radical (unpaired) electrons. The molecule has 5 rings (SSSR count). The van der Waals surface area contributed by atoms with Gasteiger partial charge < -0.3 is 19.8 Å². The van der Waals surface area contributed by atoms with Crippen LogP contribution in [-0.2, 0) is 22.3 Å². The molecule has 1 aliphatic rings. The lowest BCUT2D eigenvalue weighted by Crippen LogP contribution is -2.28. The normalized spacial score (nSPS) is 14.0. The van der Waals surface area contributed by atoms with Crippen LogP contribution in [0.15, 0.2) is 70.1 Å². The lowest BCUT2D eigenvalue weighted by Gasteiger charge is -2.25. The molecule has 1 fully saturated rings. The molecule has 2 aromatic heterocycles. The number of aromatic nitrogens is 2. The average Bonchev–Trinajstić information content (AvgIpc) is 3.42. The van der Waals surface area contributed by atoms with Gasteiger partial charge in [0.25, 0.3) is 0 Å². The molecule has 4 aromatic rings. The van der Waals surface area contributed by atoms with E-state index in [4.69, 9.17) is 20.8 Å². The molecule has 0 atom stereocenters. The first-order valence-corrected chi connectivity index (χ1v) is 16.8. The summed E-state index contributed by atoms with van der Waals surface area (Å²) >= 11 is 8.02. The van der Waals surface area contributed by atoms with E-state index in [1.54, 1.807) is 43.1 Å². The fourth-order valence-electron chi connectivity index (χ4n) is 4.59. The number of nitrogens with one attached hydrogen (secondary N) is 3. The molecule has 3 heterocycles. The number of nitrogens with zero attached hydrogens (tertiary/aromatic N) is 3. The number of furan rings is 1. The highest BCUT2D eigenvalue weighted by Gasteiger charge is 2.15. The summed E-state index contributed by atoms with van der Waals surface area (Å²) in [5.74, 6) is 3.88. The largest absolute Gasteiger partial charge is 0.495 e. The van der Waals surface area contributed by atoms with Gasteiger partial charge in [0.1, 0.15) is 22.3 Å². The Morgan fingerprint density at radius 2 is 1.76 bits per heavy atom. The molecule has 0 amide bonds. The molecule has 0 aliphatic carbocycles. The minimum atomic E-state index is -3.48. The number of hydrogen-bond acceptors (Lipinski definition) is 10. The van der Waals surface area contributed by atoms with Crippen LogP contribution in [0, 0.1) is 0 Å². The molecule has 13 heteroatoms. The number of anilines is 5. The molecule has 0 saturated carbocycles. The van der Waals surface area contributed by atoms with Gasteiger partial charge in [0.05, 0.1) is 48.9 Å². The fraction of sp³-hybridized carbons (Fsp3) is 0.310. The van der Waals surface area contributed by atoms with Crippen LogP contribution in [0.3, 0.4) is 0 Å². The van der Waals surface area contributed by atoms with Gasteiger partial charge in [-0.3, -0.25) is 9.62 Å². The van der Waals surface area contributed by atoms with Gasteiger partial charge in [-0.2, -0.15) is 4.98 Å². The van der Waals surface area contributed by atoms with Crippen LogP contribution in [0.1, 0.15) is 30.8 Å². The van der Waals surface area contributed by atoms with Crippen molar-refractivity contribution in [1.29, 1.82) is 0 Å². The topological polar surface area (TPSA) is 122 Å². The summed E-state index contributed by atoms with van der Waals surface area (Å²) in [6.07, 6.45) is 6.40. The second-order valence-electron chi connectivity index (χ2n) is 9.92. The summed E-state index contributed by atoms with van der Waals surface area (Å²) in [7, 11) is -1.87. The maximum atomic E-state index is 11.8. The summed E-state index contributed by atoms with van der Waals surface area (Å²) in [5.41, 5.74) is 1.53. The van der Waals surface area contributed by atoms with Gasteiger partial charge in [-0.1, -0.05) is 30.2 Å². The Morgan fingerprint density at radius 3 is 2.52 bits per heavy atom. The second-order valence-corrected chi connectivity index (χ2v) is 13.1. The molecular weight excluding hydrogens is 596 g/mol.